The third-order valence-electron chi connectivity index (χ3n) is 7.20. The van der Waals surface area contributed by atoms with Gasteiger partial charge in [-0.2, -0.15) is 0 Å². The summed E-state index contributed by atoms with van der Waals surface area (Å²) >= 11 is 0. The van der Waals surface area contributed by atoms with Crippen molar-refractivity contribution in [3.8, 4) is 0 Å². The molecule has 1 aliphatic heterocycles. The van der Waals surface area contributed by atoms with Crippen molar-refractivity contribution < 1.29 is 14.3 Å². The van der Waals surface area contributed by atoms with Gasteiger partial charge >= 0.3 is 0 Å². The lowest BCUT2D eigenvalue weighted by Crippen LogP contribution is -2.54. The average molecular weight is 312 g/mol. The van der Waals surface area contributed by atoms with E-state index in [1.807, 2.05) is 0 Å². The smallest absolute Gasteiger partial charge is 0.174 e. The fraction of sp³-hybridized carbons (Fsp3) is 0.650. The van der Waals surface area contributed by atoms with Gasteiger partial charge in [0, 0.05) is 24.2 Å². The second-order valence-corrected chi connectivity index (χ2v) is 8.03. The average Bonchev–Trinajstić information content (AvgIpc) is 3.14. The van der Waals surface area contributed by atoms with E-state index in [-0.39, 0.29) is 11.3 Å². The van der Waals surface area contributed by atoms with Crippen LogP contribution >= 0.6 is 0 Å². The molecule has 4 atom stereocenters. The van der Waals surface area contributed by atoms with Crippen LogP contribution in [0.25, 0.3) is 0 Å². The quantitative estimate of drug-likeness (QED) is 0.736. The van der Waals surface area contributed by atoms with Crippen LogP contribution in [0, 0.1) is 17.3 Å². The molecule has 3 aliphatic carbocycles. The highest BCUT2D eigenvalue weighted by atomic mass is 16.7. The van der Waals surface area contributed by atoms with Crippen molar-refractivity contribution in [1.82, 2.24) is 0 Å². The lowest BCUT2D eigenvalue weighted by Gasteiger charge is -2.51. The van der Waals surface area contributed by atoms with E-state index in [0.717, 1.165) is 25.7 Å². The molecule has 0 radical (unpaired) electrons. The van der Waals surface area contributed by atoms with Gasteiger partial charge in [-0.25, -0.2) is 0 Å². The maximum absolute atomic E-state index is 13.2. The summed E-state index contributed by atoms with van der Waals surface area (Å²) in [5, 5.41) is 0. The summed E-state index contributed by atoms with van der Waals surface area (Å²) in [6.45, 7) is 3.60. The molecule has 3 fully saturated rings. The third kappa shape index (κ3) is 1.70. The number of fused-ring (bicyclic) bond motifs is 6. The normalized spacial score (nSPS) is 40.7. The molecule has 2 saturated carbocycles. The van der Waals surface area contributed by atoms with Crippen molar-refractivity contribution in [2.45, 2.75) is 50.7 Å². The second-order valence-electron chi connectivity index (χ2n) is 8.03. The summed E-state index contributed by atoms with van der Waals surface area (Å²) in [5.41, 5.74) is 2.53. The summed E-state index contributed by atoms with van der Waals surface area (Å²) in [6.07, 6.45) is 4.92. The van der Waals surface area contributed by atoms with Crippen LogP contribution in [0.3, 0.4) is 0 Å². The number of ether oxygens (including phenoxy) is 2. The van der Waals surface area contributed by atoms with Gasteiger partial charge in [-0.3, -0.25) is 4.79 Å². The van der Waals surface area contributed by atoms with E-state index in [1.54, 1.807) is 0 Å². The molecule has 0 N–H and O–H groups in total. The first-order valence-corrected chi connectivity index (χ1v) is 9.03. The molecular formula is C20H24O3. The zero-order chi connectivity index (χ0) is 15.7. The Kier molecular flexibility index (Phi) is 2.88. The van der Waals surface area contributed by atoms with Crippen molar-refractivity contribution in [1.29, 1.82) is 0 Å². The van der Waals surface area contributed by atoms with Gasteiger partial charge in [0.2, 0.25) is 0 Å². The Balaban J connectivity index is 1.58. The zero-order valence-electron chi connectivity index (χ0n) is 13.7. The molecule has 1 heterocycles. The number of hydrogen-bond acceptors (Lipinski definition) is 3. The van der Waals surface area contributed by atoms with Crippen LogP contribution in [0.2, 0.25) is 0 Å². The summed E-state index contributed by atoms with van der Waals surface area (Å²) < 4.78 is 12.2. The molecule has 0 bridgehead atoms. The molecule has 5 rings (SSSR count). The van der Waals surface area contributed by atoms with Gasteiger partial charge in [-0.1, -0.05) is 31.2 Å². The molecule has 0 aromatic heterocycles. The Morgan fingerprint density at radius 2 is 1.91 bits per heavy atom. The van der Waals surface area contributed by atoms with E-state index < -0.39 is 5.79 Å². The third-order valence-corrected chi connectivity index (χ3v) is 7.20. The predicted octanol–water partition coefficient (Wildman–Crippen LogP) is 3.46. The van der Waals surface area contributed by atoms with E-state index in [4.69, 9.17) is 9.47 Å². The summed E-state index contributed by atoms with van der Waals surface area (Å²) in [6, 6.07) is 8.56. The molecule has 3 heteroatoms. The lowest BCUT2D eigenvalue weighted by atomic mass is 9.54. The number of rotatable bonds is 0. The monoisotopic (exact) mass is 312 g/mol. The van der Waals surface area contributed by atoms with Crippen molar-refractivity contribution in [2.24, 2.45) is 17.3 Å². The zero-order valence-corrected chi connectivity index (χ0v) is 13.7. The molecule has 4 aliphatic rings. The van der Waals surface area contributed by atoms with Crippen molar-refractivity contribution in [3.63, 3.8) is 0 Å². The number of Topliss-reactive ketones (excluding diaryl/α,β-unsaturated/α-hetero) is 1. The van der Waals surface area contributed by atoms with Gasteiger partial charge < -0.3 is 9.47 Å². The van der Waals surface area contributed by atoms with Gasteiger partial charge in [0.15, 0.2) is 5.79 Å². The minimum atomic E-state index is -0.491. The minimum Gasteiger partial charge on any atom is -0.347 e. The molecule has 1 aromatic rings. The molecule has 1 saturated heterocycles. The van der Waals surface area contributed by atoms with Crippen LogP contribution in [0.4, 0.5) is 0 Å². The summed E-state index contributed by atoms with van der Waals surface area (Å²) in [4.78, 5) is 13.2. The van der Waals surface area contributed by atoms with Crippen molar-refractivity contribution >= 4 is 5.78 Å². The van der Waals surface area contributed by atoms with Gasteiger partial charge in [-0.15, -0.1) is 0 Å². The SMILES string of the molecule is C[C@]12CC(=O)[C@@H]3c4ccccc4CC[C@H]3[C@@H]1CCC21OCCO1. The fourth-order valence-corrected chi connectivity index (χ4v) is 6.22. The molecule has 23 heavy (non-hydrogen) atoms. The topological polar surface area (TPSA) is 35.5 Å². The van der Waals surface area contributed by atoms with E-state index in [9.17, 15) is 4.79 Å². The van der Waals surface area contributed by atoms with Crippen LogP contribution in [0.5, 0.6) is 0 Å². The van der Waals surface area contributed by atoms with Crippen LogP contribution in [-0.4, -0.2) is 24.8 Å². The number of aryl methyl sites for hydroxylation is 1. The Morgan fingerprint density at radius 1 is 1.13 bits per heavy atom. The van der Waals surface area contributed by atoms with Crippen molar-refractivity contribution in [2.75, 3.05) is 13.2 Å². The number of ketones is 1. The van der Waals surface area contributed by atoms with Crippen molar-refractivity contribution in [3.05, 3.63) is 35.4 Å². The minimum absolute atomic E-state index is 0.106. The Morgan fingerprint density at radius 3 is 2.74 bits per heavy atom. The standard InChI is InChI=1S/C20H24O3/c1-19-12-17(21)18-14-5-3-2-4-13(14)6-7-15(18)16(19)8-9-20(19)22-10-11-23-20/h2-5,15-16,18H,6-12H2,1H3/t15-,16-,18+,19-/m0/s1. The summed E-state index contributed by atoms with van der Waals surface area (Å²) in [5.74, 6) is 1.02. The highest BCUT2D eigenvalue weighted by molar-refractivity contribution is 5.88. The van der Waals surface area contributed by atoms with Gasteiger partial charge in [-0.05, 0) is 42.2 Å². The van der Waals surface area contributed by atoms with E-state index in [0.29, 0.717) is 37.3 Å². The van der Waals surface area contributed by atoms with Gasteiger partial charge in [0.05, 0.1) is 13.2 Å². The van der Waals surface area contributed by atoms with Crippen LogP contribution in [0.1, 0.15) is 49.7 Å². The molecule has 1 spiro atoms. The number of carbonyl (C=O) groups is 1. The molecule has 3 nitrogen and oxygen atoms in total. The van der Waals surface area contributed by atoms with Crippen LogP contribution < -0.4 is 0 Å². The van der Waals surface area contributed by atoms with Gasteiger partial charge in [0.25, 0.3) is 0 Å². The number of benzene rings is 1. The highest BCUT2D eigenvalue weighted by Gasteiger charge is 2.66. The maximum Gasteiger partial charge on any atom is 0.174 e. The maximum atomic E-state index is 13.2. The second kappa shape index (κ2) is 4.67. The van der Waals surface area contributed by atoms with E-state index >= 15 is 0 Å². The van der Waals surface area contributed by atoms with Crippen LogP contribution in [0.15, 0.2) is 24.3 Å². The molecule has 0 unspecified atom stereocenters. The largest absolute Gasteiger partial charge is 0.347 e. The highest BCUT2D eigenvalue weighted by Crippen LogP contribution is 2.65. The number of carbonyl (C=O) groups excluding carboxylic acids is 1. The molecule has 1 aromatic carbocycles. The first-order valence-electron chi connectivity index (χ1n) is 9.03. The first-order chi connectivity index (χ1) is 11.1. The van der Waals surface area contributed by atoms with Gasteiger partial charge in [0.1, 0.15) is 5.78 Å². The number of hydrogen-bond donors (Lipinski definition) is 0. The lowest BCUT2D eigenvalue weighted by molar-refractivity contribution is -0.234. The van der Waals surface area contributed by atoms with E-state index in [1.165, 1.54) is 11.1 Å². The Labute approximate surface area is 137 Å². The fourth-order valence-electron chi connectivity index (χ4n) is 6.22. The molecular weight excluding hydrogens is 288 g/mol. The Hall–Kier alpha value is -1.19. The predicted molar refractivity (Wildman–Crippen MR) is 86.1 cm³/mol. The summed E-state index contributed by atoms with van der Waals surface area (Å²) in [7, 11) is 0. The molecule has 122 valence electrons. The van der Waals surface area contributed by atoms with Crippen LogP contribution in [-0.2, 0) is 20.7 Å². The first kappa shape index (κ1) is 14.2. The van der Waals surface area contributed by atoms with E-state index in [2.05, 4.69) is 31.2 Å². The Bertz CT molecular complexity index is 661. The molecule has 0 amide bonds.